The van der Waals surface area contributed by atoms with E-state index in [1.54, 1.807) is 6.92 Å². The van der Waals surface area contributed by atoms with Gasteiger partial charge in [-0.25, -0.2) is 13.1 Å². The smallest absolute Gasteiger partial charge is 0.248 e. The van der Waals surface area contributed by atoms with Gasteiger partial charge in [-0.2, -0.15) is 0 Å². The Morgan fingerprint density at radius 3 is 2.70 bits per heavy atom. The summed E-state index contributed by atoms with van der Waals surface area (Å²) in [4.78, 5) is 13.1. The van der Waals surface area contributed by atoms with Gasteiger partial charge in [0.25, 0.3) is 0 Å². The average Bonchev–Trinajstić information content (AvgIpc) is 2.36. The number of aliphatic hydroxyl groups excluding tert-OH is 1. The number of likely N-dealkylation sites (tertiary alicyclic amines) is 1. The summed E-state index contributed by atoms with van der Waals surface area (Å²) < 4.78 is 29.2. The van der Waals surface area contributed by atoms with E-state index in [1.807, 2.05) is 0 Å². The SMILES string of the molecule is CCOCC(=O)N1CC[C@@](O)(CNS(C)(=O)=O)[C@H](O)C1. The van der Waals surface area contributed by atoms with E-state index < -0.39 is 21.7 Å². The molecule has 0 spiro atoms. The zero-order valence-electron chi connectivity index (χ0n) is 11.7. The third-order valence-electron chi connectivity index (χ3n) is 3.25. The number of ether oxygens (including phenoxy) is 1. The minimum absolute atomic E-state index is 0.0478. The second-order valence-electron chi connectivity index (χ2n) is 4.94. The number of nitrogens with zero attached hydrogens (tertiary/aromatic N) is 1. The van der Waals surface area contributed by atoms with Crippen molar-refractivity contribution in [2.75, 3.05) is 39.1 Å². The fraction of sp³-hybridized carbons (Fsp3) is 0.909. The minimum Gasteiger partial charge on any atom is -0.388 e. The van der Waals surface area contributed by atoms with Crippen molar-refractivity contribution in [3.63, 3.8) is 0 Å². The quantitative estimate of drug-likeness (QED) is 0.517. The standard InChI is InChI=1S/C11H22N2O6S/c1-3-19-7-10(15)13-5-4-11(16,9(14)6-13)8-12-20(2,17)18/h9,12,14,16H,3-8H2,1-2H3/t9-,11-/m1/s1. The summed E-state index contributed by atoms with van der Waals surface area (Å²) >= 11 is 0. The molecule has 0 saturated carbocycles. The molecule has 118 valence electrons. The van der Waals surface area contributed by atoms with Gasteiger partial charge in [-0.15, -0.1) is 0 Å². The van der Waals surface area contributed by atoms with Crippen molar-refractivity contribution in [1.29, 1.82) is 0 Å². The van der Waals surface area contributed by atoms with Gasteiger partial charge in [0.05, 0.1) is 6.26 Å². The molecule has 20 heavy (non-hydrogen) atoms. The van der Waals surface area contributed by atoms with Gasteiger partial charge in [0, 0.05) is 26.2 Å². The Balaban J connectivity index is 2.56. The van der Waals surface area contributed by atoms with Crippen molar-refractivity contribution in [3.05, 3.63) is 0 Å². The Labute approximate surface area is 118 Å². The number of rotatable bonds is 6. The summed E-state index contributed by atoms with van der Waals surface area (Å²) in [5.41, 5.74) is -1.56. The van der Waals surface area contributed by atoms with E-state index in [1.165, 1.54) is 4.90 Å². The second-order valence-corrected chi connectivity index (χ2v) is 6.77. The Morgan fingerprint density at radius 1 is 1.55 bits per heavy atom. The number of carbonyl (C=O) groups is 1. The van der Waals surface area contributed by atoms with E-state index in [9.17, 15) is 23.4 Å². The van der Waals surface area contributed by atoms with Gasteiger partial charge in [0.1, 0.15) is 18.3 Å². The fourth-order valence-electron chi connectivity index (χ4n) is 1.93. The van der Waals surface area contributed by atoms with Crippen molar-refractivity contribution in [3.8, 4) is 0 Å². The van der Waals surface area contributed by atoms with Gasteiger partial charge >= 0.3 is 0 Å². The van der Waals surface area contributed by atoms with Crippen LogP contribution < -0.4 is 4.72 Å². The maximum Gasteiger partial charge on any atom is 0.248 e. The summed E-state index contributed by atoms with van der Waals surface area (Å²) in [6.45, 7) is 2.04. The van der Waals surface area contributed by atoms with Crippen molar-refractivity contribution >= 4 is 15.9 Å². The fourth-order valence-corrected chi connectivity index (χ4v) is 2.45. The van der Waals surface area contributed by atoms with Crippen LogP contribution in [-0.4, -0.2) is 80.2 Å². The van der Waals surface area contributed by atoms with Gasteiger partial charge in [-0.3, -0.25) is 4.79 Å². The zero-order valence-corrected chi connectivity index (χ0v) is 12.5. The first-order chi connectivity index (χ1) is 9.18. The van der Waals surface area contributed by atoms with Gasteiger partial charge in [-0.05, 0) is 13.3 Å². The molecule has 8 nitrogen and oxygen atoms in total. The van der Waals surface area contributed by atoms with Crippen molar-refractivity contribution in [2.24, 2.45) is 0 Å². The van der Waals surface area contributed by atoms with Gasteiger partial charge in [0.2, 0.25) is 15.9 Å². The molecular weight excluding hydrogens is 288 g/mol. The maximum atomic E-state index is 11.7. The van der Waals surface area contributed by atoms with Crippen LogP contribution in [0.1, 0.15) is 13.3 Å². The normalized spacial score (nSPS) is 27.6. The zero-order chi connectivity index (χ0) is 15.4. The number of aliphatic hydroxyl groups is 2. The minimum atomic E-state index is -3.45. The predicted molar refractivity (Wildman–Crippen MR) is 71.5 cm³/mol. The molecule has 1 aliphatic rings. The first-order valence-corrected chi connectivity index (χ1v) is 8.27. The Morgan fingerprint density at radius 2 is 2.20 bits per heavy atom. The molecule has 3 N–H and O–H groups in total. The van der Waals surface area contributed by atoms with Crippen LogP contribution >= 0.6 is 0 Å². The number of piperidine rings is 1. The van der Waals surface area contributed by atoms with E-state index in [2.05, 4.69) is 4.72 Å². The largest absolute Gasteiger partial charge is 0.388 e. The monoisotopic (exact) mass is 310 g/mol. The number of sulfonamides is 1. The van der Waals surface area contributed by atoms with Crippen LogP contribution in [0.5, 0.6) is 0 Å². The predicted octanol–water partition coefficient (Wildman–Crippen LogP) is -2.10. The highest BCUT2D eigenvalue weighted by Gasteiger charge is 2.42. The Bertz CT molecular complexity index is 440. The van der Waals surface area contributed by atoms with E-state index in [0.717, 1.165) is 6.26 Å². The number of amides is 1. The average molecular weight is 310 g/mol. The second kappa shape index (κ2) is 6.81. The maximum absolute atomic E-state index is 11.7. The molecule has 0 aromatic heterocycles. The lowest BCUT2D eigenvalue weighted by Crippen LogP contribution is -2.61. The van der Waals surface area contributed by atoms with Crippen LogP contribution in [0, 0.1) is 0 Å². The van der Waals surface area contributed by atoms with Crippen LogP contribution in [0.2, 0.25) is 0 Å². The summed E-state index contributed by atoms with van der Waals surface area (Å²) in [5.74, 6) is -0.260. The van der Waals surface area contributed by atoms with E-state index >= 15 is 0 Å². The molecule has 1 saturated heterocycles. The lowest BCUT2D eigenvalue weighted by Gasteiger charge is -2.42. The Hall–Kier alpha value is -0.740. The number of β-amino-alcohol motifs (C(OH)–C–C–N with tert-alkyl or cyclic N) is 1. The van der Waals surface area contributed by atoms with Crippen LogP contribution in [0.25, 0.3) is 0 Å². The Kier molecular flexibility index (Phi) is 5.90. The molecule has 0 aliphatic carbocycles. The number of nitrogens with one attached hydrogen (secondary N) is 1. The van der Waals surface area contributed by atoms with Crippen molar-refractivity contribution < 1.29 is 28.2 Å². The van der Waals surface area contributed by atoms with Crippen LogP contribution in [-0.2, 0) is 19.6 Å². The molecule has 1 fully saturated rings. The van der Waals surface area contributed by atoms with E-state index in [-0.39, 0.29) is 38.6 Å². The molecule has 2 atom stereocenters. The summed E-state index contributed by atoms with van der Waals surface area (Å²) in [5, 5.41) is 20.2. The molecular formula is C11H22N2O6S. The third kappa shape index (κ3) is 4.98. The lowest BCUT2D eigenvalue weighted by molar-refractivity contribution is -0.152. The van der Waals surface area contributed by atoms with Crippen LogP contribution in [0.15, 0.2) is 0 Å². The summed E-state index contributed by atoms with van der Waals surface area (Å²) in [6, 6.07) is 0. The van der Waals surface area contributed by atoms with Gasteiger partial charge in [-0.1, -0.05) is 0 Å². The van der Waals surface area contributed by atoms with E-state index in [0.29, 0.717) is 6.61 Å². The molecule has 0 unspecified atom stereocenters. The molecule has 1 aliphatic heterocycles. The molecule has 0 bridgehead atoms. The molecule has 1 rings (SSSR count). The van der Waals surface area contributed by atoms with Gasteiger partial charge in [0.15, 0.2) is 0 Å². The van der Waals surface area contributed by atoms with E-state index in [4.69, 9.17) is 4.74 Å². The number of hydrogen-bond acceptors (Lipinski definition) is 6. The highest BCUT2D eigenvalue weighted by molar-refractivity contribution is 7.88. The highest BCUT2D eigenvalue weighted by Crippen LogP contribution is 2.22. The number of carbonyl (C=O) groups excluding carboxylic acids is 1. The van der Waals surface area contributed by atoms with Crippen molar-refractivity contribution in [2.45, 2.75) is 25.0 Å². The third-order valence-corrected chi connectivity index (χ3v) is 3.92. The van der Waals surface area contributed by atoms with Crippen LogP contribution in [0.4, 0.5) is 0 Å². The first kappa shape index (κ1) is 17.3. The highest BCUT2D eigenvalue weighted by atomic mass is 32.2. The molecule has 0 aromatic rings. The topological polar surface area (TPSA) is 116 Å². The van der Waals surface area contributed by atoms with Gasteiger partial charge < -0.3 is 19.8 Å². The lowest BCUT2D eigenvalue weighted by atomic mass is 9.89. The molecule has 0 radical (unpaired) electrons. The summed E-state index contributed by atoms with van der Waals surface area (Å²) in [7, 11) is -3.45. The molecule has 0 aromatic carbocycles. The van der Waals surface area contributed by atoms with Crippen LogP contribution in [0.3, 0.4) is 0 Å². The summed E-state index contributed by atoms with van der Waals surface area (Å²) in [6.07, 6.45) is -0.144. The molecule has 1 amide bonds. The van der Waals surface area contributed by atoms with Crippen molar-refractivity contribution in [1.82, 2.24) is 9.62 Å². The first-order valence-electron chi connectivity index (χ1n) is 6.38. The molecule has 9 heteroatoms. The number of hydrogen-bond donors (Lipinski definition) is 3. The molecule has 1 heterocycles.